The molecule has 0 bridgehead atoms. The van der Waals surface area contributed by atoms with E-state index in [1.807, 2.05) is 0 Å². The van der Waals surface area contributed by atoms with Crippen LogP contribution in [-0.4, -0.2) is 31.6 Å². The number of hydrogen-bond donors (Lipinski definition) is 3. The van der Waals surface area contributed by atoms with Gasteiger partial charge in [0.05, 0.1) is 0 Å². The molecule has 6 nitrogen and oxygen atoms in total. The molecule has 0 saturated carbocycles. The second-order valence-electron chi connectivity index (χ2n) is 3.68. The molecule has 2 heterocycles. The summed E-state index contributed by atoms with van der Waals surface area (Å²) in [7, 11) is 0. The van der Waals surface area contributed by atoms with Crippen molar-refractivity contribution in [2.75, 3.05) is 12.3 Å². The predicted octanol–water partition coefficient (Wildman–Crippen LogP) is 0.640. The van der Waals surface area contributed by atoms with Gasteiger partial charge in [0.15, 0.2) is 11.5 Å². The highest BCUT2D eigenvalue weighted by atomic mass is 16.2. The van der Waals surface area contributed by atoms with E-state index in [1.54, 1.807) is 0 Å². The Kier molecular flexibility index (Phi) is 3.31. The van der Waals surface area contributed by atoms with Gasteiger partial charge in [-0.15, -0.1) is 0 Å². The summed E-state index contributed by atoms with van der Waals surface area (Å²) in [6, 6.07) is 0. The Labute approximate surface area is 92.9 Å². The van der Waals surface area contributed by atoms with Crippen LogP contribution in [0.5, 0.6) is 0 Å². The largest absolute Gasteiger partial charge is 0.396 e. The zero-order chi connectivity index (χ0) is 11.4. The third-order valence-corrected chi connectivity index (χ3v) is 2.44. The number of aryl methyl sites for hydroxylation is 1. The average molecular weight is 221 g/mol. The van der Waals surface area contributed by atoms with E-state index in [-0.39, 0.29) is 6.61 Å². The number of nitrogens with zero attached hydrogens (tertiary/aromatic N) is 3. The molecule has 86 valence electrons. The van der Waals surface area contributed by atoms with Gasteiger partial charge in [-0.25, -0.2) is 15.0 Å². The Bertz CT molecular complexity index is 467. The van der Waals surface area contributed by atoms with Gasteiger partial charge in [-0.1, -0.05) is 6.42 Å². The van der Waals surface area contributed by atoms with Crippen molar-refractivity contribution in [1.82, 2.24) is 19.9 Å². The summed E-state index contributed by atoms with van der Waals surface area (Å²) in [5, 5.41) is 8.66. The van der Waals surface area contributed by atoms with Crippen LogP contribution in [0.1, 0.15) is 25.1 Å². The maximum absolute atomic E-state index is 8.66. The maximum atomic E-state index is 8.66. The number of rotatable bonds is 5. The lowest BCUT2D eigenvalue weighted by molar-refractivity contribution is 0.283. The molecule has 0 fully saturated rings. The van der Waals surface area contributed by atoms with Crippen LogP contribution in [0.2, 0.25) is 0 Å². The quantitative estimate of drug-likeness (QED) is 0.643. The average Bonchev–Trinajstić information content (AvgIpc) is 2.69. The molecule has 0 amide bonds. The summed E-state index contributed by atoms with van der Waals surface area (Å²) in [5.74, 6) is 1.30. The highest BCUT2D eigenvalue weighted by molar-refractivity contribution is 5.80. The van der Waals surface area contributed by atoms with E-state index in [1.165, 1.54) is 6.33 Å². The third-order valence-electron chi connectivity index (χ3n) is 2.44. The van der Waals surface area contributed by atoms with Crippen LogP contribution in [0.4, 0.5) is 5.82 Å². The van der Waals surface area contributed by atoms with E-state index in [9.17, 15) is 0 Å². The molecule has 2 rings (SSSR count). The first-order valence-electron chi connectivity index (χ1n) is 5.37. The topological polar surface area (TPSA) is 101 Å². The number of imidazole rings is 1. The molecule has 6 heteroatoms. The summed E-state index contributed by atoms with van der Waals surface area (Å²) < 4.78 is 0. The second kappa shape index (κ2) is 4.89. The zero-order valence-electron chi connectivity index (χ0n) is 8.98. The number of nitrogens with two attached hydrogens (primary N) is 1. The fraction of sp³-hybridized carbons (Fsp3) is 0.500. The van der Waals surface area contributed by atoms with Crippen molar-refractivity contribution < 1.29 is 5.11 Å². The molecular weight excluding hydrogens is 206 g/mol. The van der Waals surface area contributed by atoms with Gasteiger partial charge in [0.2, 0.25) is 0 Å². The Morgan fingerprint density at radius 2 is 2.12 bits per heavy atom. The van der Waals surface area contributed by atoms with Crippen LogP contribution in [0.25, 0.3) is 11.2 Å². The minimum atomic E-state index is 0.249. The van der Waals surface area contributed by atoms with Gasteiger partial charge in [0.1, 0.15) is 17.7 Å². The van der Waals surface area contributed by atoms with E-state index >= 15 is 0 Å². The number of unbranched alkanes of at least 4 members (excludes halogenated alkanes) is 2. The number of H-pyrrole nitrogens is 1. The lowest BCUT2D eigenvalue weighted by Gasteiger charge is -1.95. The fourth-order valence-corrected chi connectivity index (χ4v) is 1.59. The molecule has 0 unspecified atom stereocenters. The smallest absolute Gasteiger partial charge is 0.183 e. The third kappa shape index (κ3) is 2.27. The number of aromatic amines is 1. The number of aromatic nitrogens is 4. The molecule has 0 radical (unpaired) electrons. The van der Waals surface area contributed by atoms with Crippen LogP contribution in [0.15, 0.2) is 6.33 Å². The van der Waals surface area contributed by atoms with Crippen molar-refractivity contribution >= 4 is 17.0 Å². The lowest BCUT2D eigenvalue weighted by atomic mass is 10.2. The number of aliphatic hydroxyl groups excluding tert-OH is 1. The van der Waals surface area contributed by atoms with Gasteiger partial charge in [0, 0.05) is 13.0 Å². The van der Waals surface area contributed by atoms with E-state index in [2.05, 4.69) is 19.9 Å². The number of hydrogen-bond acceptors (Lipinski definition) is 5. The Morgan fingerprint density at radius 3 is 2.88 bits per heavy atom. The molecule has 0 aromatic carbocycles. The molecule has 0 saturated heterocycles. The number of nitrogens with one attached hydrogen (secondary N) is 1. The van der Waals surface area contributed by atoms with Crippen molar-refractivity contribution in [3.63, 3.8) is 0 Å². The van der Waals surface area contributed by atoms with Crippen molar-refractivity contribution in [1.29, 1.82) is 0 Å². The predicted molar refractivity (Wildman–Crippen MR) is 60.7 cm³/mol. The molecule has 0 spiro atoms. The fourth-order valence-electron chi connectivity index (χ4n) is 1.59. The Morgan fingerprint density at radius 1 is 1.25 bits per heavy atom. The van der Waals surface area contributed by atoms with Gasteiger partial charge >= 0.3 is 0 Å². The number of anilines is 1. The van der Waals surface area contributed by atoms with Crippen LogP contribution in [-0.2, 0) is 6.42 Å². The van der Waals surface area contributed by atoms with Crippen molar-refractivity contribution in [2.24, 2.45) is 0 Å². The summed E-state index contributed by atoms with van der Waals surface area (Å²) in [4.78, 5) is 15.4. The van der Waals surface area contributed by atoms with Crippen LogP contribution in [0.3, 0.4) is 0 Å². The molecular formula is C10H15N5O. The van der Waals surface area contributed by atoms with Crippen LogP contribution >= 0.6 is 0 Å². The minimum Gasteiger partial charge on any atom is -0.396 e. The van der Waals surface area contributed by atoms with Crippen molar-refractivity contribution in [3.05, 3.63) is 12.2 Å². The van der Waals surface area contributed by atoms with E-state index in [4.69, 9.17) is 10.8 Å². The standard InChI is InChI=1S/C10H15N5O/c11-9-8-10(13-6-12-9)15-7(14-8)4-2-1-3-5-16/h6,16H,1-5H2,(H3,11,12,13,14,15). The first kappa shape index (κ1) is 10.8. The minimum absolute atomic E-state index is 0.249. The number of fused-ring (bicyclic) bond motifs is 1. The zero-order valence-corrected chi connectivity index (χ0v) is 8.98. The molecule has 2 aromatic heterocycles. The molecule has 0 aliphatic rings. The van der Waals surface area contributed by atoms with Gasteiger partial charge in [-0.2, -0.15) is 0 Å². The normalized spacial score (nSPS) is 11.1. The van der Waals surface area contributed by atoms with Crippen molar-refractivity contribution in [2.45, 2.75) is 25.7 Å². The van der Waals surface area contributed by atoms with E-state index in [0.29, 0.717) is 17.0 Å². The highest BCUT2D eigenvalue weighted by Crippen LogP contribution is 2.14. The molecule has 0 aliphatic carbocycles. The maximum Gasteiger partial charge on any atom is 0.183 e. The van der Waals surface area contributed by atoms with E-state index < -0.39 is 0 Å². The van der Waals surface area contributed by atoms with Gasteiger partial charge in [0.25, 0.3) is 0 Å². The second-order valence-corrected chi connectivity index (χ2v) is 3.68. The first-order valence-corrected chi connectivity index (χ1v) is 5.37. The summed E-state index contributed by atoms with van der Waals surface area (Å²) >= 11 is 0. The van der Waals surface area contributed by atoms with Crippen LogP contribution in [0, 0.1) is 0 Å². The molecule has 0 atom stereocenters. The van der Waals surface area contributed by atoms with Crippen LogP contribution < -0.4 is 5.73 Å². The van der Waals surface area contributed by atoms with Crippen molar-refractivity contribution in [3.8, 4) is 0 Å². The molecule has 2 aromatic rings. The molecule has 16 heavy (non-hydrogen) atoms. The Hall–Kier alpha value is -1.69. The molecule has 0 aliphatic heterocycles. The van der Waals surface area contributed by atoms with Gasteiger partial charge < -0.3 is 15.8 Å². The Balaban J connectivity index is 2.05. The summed E-state index contributed by atoms with van der Waals surface area (Å²) in [5.41, 5.74) is 7.01. The monoisotopic (exact) mass is 221 g/mol. The summed E-state index contributed by atoms with van der Waals surface area (Å²) in [6.45, 7) is 0.249. The number of aliphatic hydroxyl groups is 1. The summed E-state index contributed by atoms with van der Waals surface area (Å²) in [6.07, 6.45) is 5.08. The highest BCUT2D eigenvalue weighted by Gasteiger charge is 2.06. The number of nitrogen functional groups attached to an aromatic ring is 1. The van der Waals surface area contributed by atoms with Gasteiger partial charge in [-0.05, 0) is 12.8 Å². The first-order chi connectivity index (χ1) is 7.81. The SMILES string of the molecule is Nc1ncnc2nc(CCCCCO)[nH]c12. The molecule has 4 N–H and O–H groups in total. The van der Waals surface area contributed by atoms with Gasteiger partial charge in [-0.3, -0.25) is 0 Å². The van der Waals surface area contributed by atoms with E-state index in [0.717, 1.165) is 31.5 Å². The lowest BCUT2D eigenvalue weighted by Crippen LogP contribution is -1.92.